The van der Waals surface area contributed by atoms with E-state index in [9.17, 15) is 9.59 Å². The first kappa shape index (κ1) is 18.3. The van der Waals surface area contributed by atoms with Crippen molar-refractivity contribution in [1.82, 2.24) is 19.7 Å². The van der Waals surface area contributed by atoms with Crippen LogP contribution in [0.5, 0.6) is 0 Å². The predicted molar refractivity (Wildman–Crippen MR) is 110 cm³/mol. The smallest absolute Gasteiger partial charge is 0.261 e. The Kier molecular flexibility index (Phi) is 5.45. The van der Waals surface area contributed by atoms with Crippen LogP contribution in [0, 0.1) is 0 Å². The number of aromatic nitrogens is 4. The molecule has 28 heavy (non-hydrogen) atoms. The average molecular weight is 409 g/mol. The van der Waals surface area contributed by atoms with Crippen molar-refractivity contribution in [2.45, 2.75) is 22.2 Å². The highest BCUT2D eigenvalue weighted by molar-refractivity contribution is 8.01. The van der Waals surface area contributed by atoms with Crippen molar-refractivity contribution >= 4 is 45.6 Å². The summed E-state index contributed by atoms with van der Waals surface area (Å²) in [6.45, 7) is 0.271. The third kappa shape index (κ3) is 4.26. The van der Waals surface area contributed by atoms with Gasteiger partial charge in [-0.05, 0) is 36.4 Å². The summed E-state index contributed by atoms with van der Waals surface area (Å²) >= 11 is 3.00. The zero-order valence-corrected chi connectivity index (χ0v) is 16.2. The van der Waals surface area contributed by atoms with Gasteiger partial charge in [0, 0.05) is 23.5 Å². The van der Waals surface area contributed by atoms with E-state index in [-0.39, 0.29) is 24.4 Å². The third-order valence-corrected chi connectivity index (χ3v) is 5.78. The Balaban J connectivity index is 1.36. The number of amides is 1. The van der Waals surface area contributed by atoms with Crippen molar-refractivity contribution in [2.75, 3.05) is 5.32 Å². The second kappa shape index (κ2) is 8.32. The number of carbonyl (C=O) groups excluding carboxylic acids is 1. The van der Waals surface area contributed by atoms with Gasteiger partial charge < -0.3 is 5.32 Å². The van der Waals surface area contributed by atoms with Crippen LogP contribution in [0.3, 0.4) is 0 Å². The van der Waals surface area contributed by atoms with Crippen LogP contribution in [-0.2, 0) is 11.3 Å². The molecule has 2 aromatic heterocycles. The molecule has 2 aromatic carbocycles. The summed E-state index contributed by atoms with van der Waals surface area (Å²) in [4.78, 5) is 30.0. The first-order valence-electron chi connectivity index (χ1n) is 8.47. The summed E-state index contributed by atoms with van der Waals surface area (Å²) in [5.74, 6) is -0.162. The molecule has 1 N–H and O–H groups in total. The SMILES string of the molecule is O=C(CCn1cnc2ccccc2c1=O)Nc1ccc(Sc2nncs2)cc1. The minimum Gasteiger partial charge on any atom is -0.326 e. The number of carbonyl (C=O) groups is 1. The molecule has 0 bridgehead atoms. The van der Waals surface area contributed by atoms with Crippen molar-refractivity contribution in [3.63, 3.8) is 0 Å². The van der Waals surface area contributed by atoms with Gasteiger partial charge in [0.1, 0.15) is 5.51 Å². The van der Waals surface area contributed by atoms with Crippen molar-refractivity contribution in [3.05, 3.63) is 70.7 Å². The maximum atomic E-state index is 12.4. The summed E-state index contributed by atoms with van der Waals surface area (Å²) in [5, 5.41) is 11.2. The molecule has 0 unspecified atom stereocenters. The van der Waals surface area contributed by atoms with Crippen LogP contribution >= 0.6 is 23.1 Å². The normalized spacial score (nSPS) is 10.9. The van der Waals surface area contributed by atoms with E-state index in [2.05, 4.69) is 20.5 Å². The molecule has 4 aromatic rings. The highest BCUT2D eigenvalue weighted by atomic mass is 32.2. The van der Waals surface area contributed by atoms with Gasteiger partial charge in [0.2, 0.25) is 5.91 Å². The number of hydrogen-bond acceptors (Lipinski definition) is 7. The molecule has 0 aliphatic carbocycles. The number of nitrogens with one attached hydrogen (secondary N) is 1. The molecule has 140 valence electrons. The molecule has 0 saturated heterocycles. The minimum atomic E-state index is -0.162. The van der Waals surface area contributed by atoms with Crippen LogP contribution in [0.2, 0.25) is 0 Å². The molecule has 2 heterocycles. The first-order chi connectivity index (χ1) is 13.7. The van der Waals surface area contributed by atoms with Gasteiger partial charge in [-0.15, -0.1) is 10.2 Å². The van der Waals surface area contributed by atoms with E-state index >= 15 is 0 Å². The zero-order chi connectivity index (χ0) is 19.3. The summed E-state index contributed by atoms with van der Waals surface area (Å²) < 4.78 is 2.33. The van der Waals surface area contributed by atoms with E-state index < -0.39 is 0 Å². The largest absolute Gasteiger partial charge is 0.326 e. The van der Waals surface area contributed by atoms with Crippen LogP contribution in [0.25, 0.3) is 10.9 Å². The number of rotatable bonds is 6. The lowest BCUT2D eigenvalue weighted by atomic mass is 10.2. The van der Waals surface area contributed by atoms with Crippen molar-refractivity contribution in [3.8, 4) is 0 Å². The molecule has 0 aliphatic heterocycles. The fraction of sp³-hybridized carbons (Fsp3) is 0.105. The minimum absolute atomic E-state index is 0.142. The number of benzene rings is 2. The monoisotopic (exact) mass is 409 g/mol. The number of fused-ring (bicyclic) bond motifs is 1. The molecule has 0 atom stereocenters. The molecule has 4 rings (SSSR count). The molecule has 0 fully saturated rings. The molecular formula is C19H15N5O2S2. The van der Waals surface area contributed by atoms with Crippen molar-refractivity contribution in [1.29, 1.82) is 0 Å². The van der Waals surface area contributed by atoms with Gasteiger partial charge in [-0.1, -0.05) is 35.2 Å². The quantitative estimate of drug-likeness (QED) is 0.525. The standard InChI is InChI=1S/C19H15N5O2S2/c25-17(9-10-24-11-20-16-4-2-1-3-15(16)18(24)26)22-13-5-7-14(8-6-13)28-19-23-21-12-27-19/h1-8,11-12H,9-10H2,(H,22,25). The average Bonchev–Trinajstić information content (AvgIpc) is 3.22. The number of para-hydroxylation sites is 1. The van der Waals surface area contributed by atoms with E-state index in [0.717, 1.165) is 9.24 Å². The van der Waals surface area contributed by atoms with E-state index in [4.69, 9.17) is 0 Å². The Labute approximate surface area is 168 Å². The van der Waals surface area contributed by atoms with Crippen molar-refractivity contribution < 1.29 is 4.79 Å². The van der Waals surface area contributed by atoms with E-state index in [1.165, 1.54) is 34.0 Å². The summed E-state index contributed by atoms with van der Waals surface area (Å²) in [6, 6.07) is 14.7. The van der Waals surface area contributed by atoms with E-state index in [1.807, 2.05) is 30.3 Å². The Morgan fingerprint density at radius 1 is 1.14 bits per heavy atom. The lowest BCUT2D eigenvalue weighted by Gasteiger charge is -2.08. The lowest BCUT2D eigenvalue weighted by molar-refractivity contribution is -0.116. The summed E-state index contributed by atoms with van der Waals surface area (Å²) in [7, 11) is 0. The predicted octanol–water partition coefficient (Wildman–Crippen LogP) is 3.43. The fourth-order valence-corrected chi connectivity index (χ4v) is 4.08. The van der Waals surface area contributed by atoms with Gasteiger partial charge in [-0.2, -0.15) is 0 Å². The van der Waals surface area contributed by atoms with E-state index in [0.29, 0.717) is 16.6 Å². The van der Waals surface area contributed by atoms with Crippen LogP contribution in [0.1, 0.15) is 6.42 Å². The van der Waals surface area contributed by atoms with Gasteiger partial charge in [-0.3, -0.25) is 14.2 Å². The molecular weight excluding hydrogens is 394 g/mol. The highest BCUT2D eigenvalue weighted by Gasteiger charge is 2.07. The molecule has 0 spiro atoms. The molecule has 9 heteroatoms. The third-order valence-electron chi connectivity index (χ3n) is 3.99. The number of aryl methyl sites for hydroxylation is 1. The van der Waals surface area contributed by atoms with Gasteiger partial charge >= 0.3 is 0 Å². The zero-order valence-electron chi connectivity index (χ0n) is 14.6. The number of nitrogens with zero attached hydrogens (tertiary/aromatic N) is 4. The van der Waals surface area contributed by atoms with E-state index in [1.54, 1.807) is 23.7 Å². The van der Waals surface area contributed by atoms with Crippen LogP contribution in [-0.4, -0.2) is 25.7 Å². The number of hydrogen-bond donors (Lipinski definition) is 1. The number of anilines is 1. The van der Waals surface area contributed by atoms with Crippen molar-refractivity contribution in [2.24, 2.45) is 0 Å². The second-order valence-electron chi connectivity index (χ2n) is 5.89. The van der Waals surface area contributed by atoms with Crippen LogP contribution in [0.4, 0.5) is 5.69 Å². The van der Waals surface area contributed by atoms with Gasteiger partial charge in [0.05, 0.1) is 17.2 Å². The molecule has 1 amide bonds. The molecule has 7 nitrogen and oxygen atoms in total. The van der Waals surface area contributed by atoms with Crippen LogP contribution in [0.15, 0.2) is 74.4 Å². The summed E-state index contributed by atoms with van der Waals surface area (Å²) in [5.41, 5.74) is 2.90. The Morgan fingerprint density at radius 3 is 2.75 bits per heavy atom. The summed E-state index contributed by atoms with van der Waals surface area (Å²) in [6.07, 6.45) is 1.67. The molecule has 0 radical (unpaired) electrons. The topological polar surface area (TPSA) is 89.8 Å². The van der Waals surface area contributed by atoms with Crippen LogP contribution < -0.4 is 10.9 Å². The van der Waals surface area contributed by atoms with Gasteiger partial charge in [0.15, 0.2) is 4.34 Å². The molecule has 0 aliphatic rings. The Bertz CT molecular complexity index is 1160. The highest BCUT2D eigenvalue weighted by Crippen LogP contribution is 2.29. The first-order valence-corrected chi connectivity index (χ1v) is 10.2. The maximum absolute atomic E-state index is 12.4. The maximum Gasteiger partial charge on any atom is 0.261 e. The Morgan fingerprint density at radius 2 is 1.96 bits per heavy atom. The fourth-order valence-electron chi connectivity index (χ4n) is 2.63. The molecule has 0 saturated carbocycles. The second-order valence-corrected chi connectivity index (χ2v) is 8.04. The van der Waals surface area contributed by atoms with Gasteiger partial charge in [0.25, 0.3) is 5.56 Å². The Hall–Kier alpha value is -3.04. The lowest BCUT2D eigenvalue weighted by Crippen LogP contribution is -2.23. The van der Waals surface area contributed by atoms with Gasteiger partial charge in [-0.25, -0.2) is 4.98 Å².